The first-order valence-electron chi connectivity index (χ1n) is 1.75. The minimum Gasteiger partial charge on any atom is -1.00 e. The Morgan fingerprint density at radius 2 is 1.73 bits per heavy atom. The fourth-order valence-corrected chi connectivity index (χ4v) is 0.313. The molecule has 0 aliphatic rings. The first-order chi connectivity index (χ1) is 4.19. The number of halogens is 3. The summed E-state index contributed by atoms with van der Waals surface area (Å²) >= 11 is 0. The van der Waals surface area contributed by atoms with Gasteiger partial charge in [-0.15, -0.1) is 0 Å². The van der Waals surface area contributed by atoms with Gasteiger partial charge in [0, 0.05) is 0 Å². The Labute approximate surface area is 83.4 Å². The Hall–Kier alpha value is 0.210. The summed E-state index contributed by atoms with van der Waals surface area (Å²) in [7, 11) is -6.33. The van der Waals surface area contributed by atoms with Crippen LogP contribution in [0.4, 0.5) is 12.7 Å². The quantitative estimate of drug-likeness (QED) is 0.384. The second-order valence-electron chi connectivity index (χ2n) is 1.26. The van der Waals surface area contributed by atoms with Gasteiger partial charge in [-0.25, -0.2) is 4.79 Å². The number of carboxylic acid groups (broad SMARTS) is 1. The molecule has 0 bridgehead atoms. The van der Waals surface area contributed by atoms with Gasteiger partial charge in [-0.2, -0.15) is 17.2 Å². The molecule has 0 unspecified atom stereocenters. The average molecular weight is 202 g/mol. The zero-order valence-corrected chi connectivity index (χ0v) is 8.03. The molecule has 1 N–H and O–H groups in total. The standard InChI is InChI=1S/C2HF3O4S.Na.H/c3-2(4,1(6)7)10(5,8)9;;/h(H,6,7);;/q;+1;-1. The molecule has 0 aliphatic carbocycles. The number of hydrogen-bond donors (Lipinski definition) is 1. The van der Waals surface area contributed by atoms with E-state index in [1.807, 2.05) is 0 Å². The molecular weight excluding hydrogens is 200 g/mol. The summed E-state index contributed by atoms with van der Waals surface area (Å²) in [5.41, 5.74) is 0. The first kappa shape index (κ1) is 13.8. The van der Waals surface area contributed by atoms with Crippen LogP contribution < -0.4 is 29.6 Å². The number of hydrogen-bond acceptors (Lipinski definition) is 3. The Balaban J connectivity index is -0.000000405. The smallest absolute Gasteiger partial charge is 1.00 e. The third-order valence-corrected chi connectivity index (χ3v) is 1.34. The molecule has 0 saturated heterocycles. The van der Waals surface area contributed by atoms with Crippen LogP contribution in [-0.4, -0.2) is 24.7 Å². The first-order valence-corrected chi connectivity index (χ1v) is 3.13. The van der Waals surface area contributed by atoms with E-state index in [-0.39, 0.29) is 31.0 Å². The summed E-state index contributed by atoms with van der Waals surface area (Å²) in [4.78, 5) is 9.30. The molecule has 9 heteroatoms. The molecular formula is C2H2F3NaO4S. The fraction of sp³-hybridized carbons (Fsp3) is 0.500. The van der Waals surface area contributed by atoms with Crippen LogP contribution in [0.1, 0.15) is 1.43 Å². The zero-order chi connectivity index (χ0) is 8.58. The summed E-state index contributed by atoms with van der Waals surface area (Å²) in [6, 6.07) is 0. The average Bonchev–Trinajstić information content (AvgIpc) is 1.62. The monoisotopic (exact) mass is 202 g/mol. The van der Waals surface area contributed by atoms with Crippen molar-refractivity contribution in [3.63, 3.8) is 0 Å². The van der Waals surface area contributed by atoms with Crippen LogP contribution in [0.3, 0.4) is 0 Å². The summed E-state index contributed by atoms with van der Waals surface area (Å²) < 4.78 is 52.8. The van der Waals surface area contributed by atoms with Crippen LogP contribution >= 0.6 is 0 Å². The molecule has 62 valence electrons. The normalized spacial score (nSPS) is 11.9. The van der Waals surface area contributed by atoms with Crippen molar-refractivity contribution in [2.75, 3.05) is 0 Å². The van der Waals surface area contributed by atoms with Crippen molar-refractivity contribution in [3.05, 3.63) is 0 Å². The molecule has 0 aromatic carbocycles. The number of rotatable bonds is 2. The maximum atomic E-state index is 11.5. The maximum absolute atomic E-state index is 11.5. The van der Waals surface area contributed by atoms with Crippen molar-refractivity contribution in [1.29, 1.82) is 0 Å². The van der Waals surface area contributed by atoms with Gasteiger partial charge in [0.1, 0.15) is 0 Å². The Kier molecular flexibility index (Phi) is 4.69. The molecule has 0 rings (SSSR count). The van der Waals surface area contributed by atoms with E-state index in [2.05, 4.69) is 0 Å². The van der Waals surface area contributed by atoms with Gasteiger partial charge >= 0.3 is 51.0 Å². The van der Waals surface area contributed by atoms with Gasteiger partial charge in [-0.3, -0.25) is 0 Å². The zero-order valence-electron chi connectivity index (χ0n) is 6.21. The minimum atomic E-state index is -6.33. The van der Waals surface area contributed by atoms with E-state index in [1.54, 1.807) is 0 Å². The molecule has 0 amide bonds. The van der Waals surface area contributed by atoms with Crippen LogP contribution in [0.25, 0.3) is 0 Å². The maximum Gasteiger partial charge on any atom is 1.00 e. The Morgan fingerprint density at radius 1 is 1.45 bits per heavy atom. The van der Waals surface area contributed by atoms with Crippen LogP contribution in [-0.2, 0) is 15.0 Å². The van der Waals surface area contributed by atoms with Crippen LogP contribution in [0.5, 0.6) is 0 Å². The van der Waals surface area contributed by atoms with E-state index in [0.717, 1.165) is 0 Å². The van der Waals surface area contributed by atoms with Crippen molar-refractivity contribution >= 4 is 16.2 Å². The molecule has 0 radical (unpaired) electrons. The predicted octanol–water partition coefficient (Wildman–Crippen LogP) is -2.92. The molecule has 4 nitrogen and oxygen atoms in total. The molecule has 0 aromatic rings. The molecule has 0 spiro atoms. The number of alkyl halides is 2. The molecule has 0 fully saturated rings. The van der Waals surface area contributed by atoms with Crippen molar-refractivity contribution in [1.82, 2.24) is 0 Å². The SMILES string of the molecule is O=C(O)C(F)(F)S(=O)(=O)F.[H-].[Na+]. The van der Waals surface area contributed by atoms with Crippen molar-refractivity contribution < 1.29 is 62.0 Å². The third kappa shape index (κ3) is 2.97. The van der Waals surface area contributed by atoms with Gasteiger partial charge in [-0.1, -0.05) is 3.89 Å². The van der Waals surface area contributed by atoms with Gasteiger partial charge < -0.3 is 6.53 Å². The van der Waals surface area contributed by atoms with E-state index in [0.29, 0.717) is 0 Å². The van der Waals surface area contributed by atoms with E-state index in [9.17, 15) is 25.9 Å². The van der Waals surface area contributed by atoms with Gasteiger partial charge in [0.05, 0.1) is 0 Å². The summed E-state index contributed by atoms with van der Waals surface area (Å²) in [5, 5.41) is 2.07. The van der Waals surface area contributed by atoms with Crippen LogP contribution in [0.15, 0.2) is 0 Å². The summed E-state index contributed by atoms with van der Waals surface area (Å²) in [6.07, 6.45) is 0. The van der Waals surface area contributed by atoms with E-state index < -0.39 is 21.4 Å². The van der Waals surface area contributed by atoms with Crippen LogP contribution in [0, 0.1) is 0 Å². The second kappa shape index (κ2) is 3.74. The van der Waals surface area contributed by atoms with Gasteiger partial charge in [0.15, 0.2) is 0 Å². The molecule has 0 atom stereocenters. The largest absolute Gasteiger partial charge is 1.00 e. The van der Waals surface area contributed by atoms with Gasteiger partial charge in [0.2, 0.25) is 0 Å². The summed E-state index contributed by atoms with van der Waals surface area (Å²) in [5.74, 6) is -3.03. The van der Waals surface area contributed by atoms with Gasteiger partial charge in [-0.05, 0) is 0 Å². The van der Waals surface area contributed by atoms with E-state index in [4.69, 9.17) is 5.11 Å². The second-order valence-corrected chi connectivity index (χ2v) is 2.65. The third-order valence-electron chi connectivity index (χ3n) is 0.555. The Bertz CT molecular complexity index is 251. The summed E-state index contributed by atoms with van der Waals surface area (Å²) in [6.45, 7) is 0. The predicted molar refractivity (Wildman–Crippen MR) is 23.7 cm³/mol. The number of carboxylic acids is 1. The number of carbonyl (C=O) groups is 1. The number of aliphatic carboxylic acids is 1. The van der Waals surface area contributed by atoms with E-state index >= 15 is 0 Å². The minimum absolute atomic E-state index is 0. The molecule has 11 heavy (non-hydrogen) atoms. The van der Waals surface area contributed by atoms with Crippen molar-refractivity contribution in [3.8, 4) is 0 Å². The topological polar surface area (TPSA) is 71.4 Å². The van der Waals surface area contributed by atoms with Crippen molar-refractivity contribution in [2.24, 2.45) is 0 Å². The van der Waals surface area contributed by atoms with Crippen LogP contribution in [0.2, 0.25) is 0 Å². The fourth-order valence-electron chi connectivity index (χ4n) is 0.104. The molecule has 0 saturated carbocycles. The molecule has 0 aromatic heterocycles. The van der Waals surface area contributed by atoms with E-state index in [1.165, 1.54) is 0 Å². The van der Waals surface area contributed by atoms with Crippen molar-refractivity contribution in [2.45, 2.75) is 5.25 Å². The molecule has 0 heterocycles. The van der Waals surface area contributed by atoms with Gasteiger partial charge in [0.25, 0.3) is 0 Å². The molecule has 0 aliphatic heterocycles. The Morgan fingerprint density at radius 3 is 1.73 bits per heavy atom.